The topological polar surface area (TPSA) is 102 Å². The third-order valence-electron chi connectivity index (χ3n) is 8.23. The molecule has 9 rings (SSSR count). The first-order valence-corrected chi connectivity index (χ1v) is 17.0. The summed E-state index contributed by atoms with van der Waals surface area (Å²) in [7, 11) is -5.78. The van der Waals surface area contributed by atoms with Crippen LogP contribution >= 0.6 is 0 Å². The molecule has 0 bridgehead atoms. The molecule has 9 aromatic rings. The first kappa shape index (κ1) is 33.2. The van der Waals surface area contributed by atoms with Gasteiger partial charge in [0, 0.05) is 46.1 Å². The van der Waals surface area contributed by atoms with Gasteiger partial charge in [0.25, 0.3) is 0 Å². The summed E-state index contributed by atoms with van der Waals surface area (Å²) >= 11 is 0. The number of aromatic nitrogens is 3. The van der Waals surface area contributed by atoms with Crippen molar-refractivity contribution in [3.8, 4) is 5.88 Å². The lowest BCUT2D eigenvalue weighted by Crippen LogP contribution is -2.28. The summed E-state index contributed by atoms with van der Waals surface area (Å²) in [5.74, 6) is -0.629. The van der Waals surface area contributed by atoms with E-state index in [1.54, 1.807) is 30.6 Å². The number of hydrogen-bond donors (Lipinski definition) is 1. The fraction of sp³-hybridized carbons (Fsp3) is 0.0250. The van der Waals surface area contributed by atoms with Crippen molar-refractivity contribution in [3.63, 3.8) is 0 Å². The standard InChI is InChI=1S/C18H10F3NO3S.C17H11NO.C5H5N/c19-18(20,21)26(23,24)25-16-10-9-15-13-7-2-1-5-11(13)12-6-3-4-8-14(12)17(15)22-16;19-16-10-9-15-13-7-2-1-5-11(13)12-6-3-4-8-14(12)17(15)18-16;1-2-4-6-5-3-1/h1-10H;1-10H,(H,18,19);1-5H. The van der Waals surface area contributed by atoms with E-state index in [0.717, 1.165) is 38.5 Å². The fourth-order valence-corrected chi connectivity index (χ4v) is 6.47. The maximum atomic E-state index is 12.6. The van der Waals surface area contributed by atoms with E-state index in [9.17, 15) is 26.4 Å². The highest BCUT2D eigenvalue weighted by Gasteiger charge is 2.48. The monoisotopic (exact) mass is 701 g/mol. The summed E-state index contributed by atoms with van der Waals surface area (Å²) in [6.45, 7) is 0. The van der Waals surface area contributed by atoms with Gasteiger partial charge in [0.05, 0.1) is 11.0 Å². The van der Waals surface area contributed by atoms with Gasteiger partial charge in [-0.25, -0.2) is 4.98 Å². The fourth-order valence-electron chi connectivity index (χ4n) is 6.06. The number of alkyl halides is 3. The first-order chi connectivity index (χ1) is 24.6. The van der Waals surface area contributed by atoms with Gasteiger partial charge in [-0.1, -0.05) is 103 Å². The smallest absolute Gasteiger partial charge is 0.355 e. The predicted octanol–water partition coefficient (Wildman–Crippen LogP) is 9.69. The number of hydrogen-bond acceptors (Lipinski definition) is 6. The van der Waals surface area contributed by atoms with Gasteiger partial charge >= 0.3 is 15.6 Å². The molecule has 0 aliphatic heterocycles. The Hall–Kier alpha value is -6.33. The summed E-state index contributed by atoms with van der Waals surface area (Å²) in [6.07, 6.45) is 3.50. The van der Waals surface area contributed by atoms with Crippen molar-refractivity contribution in [2.75, 3.05) is 0 Å². The van der Waals surface area contributed by atoms with E-state index in [2.05, 4.69) is 43.4 Å². The van der Waals surface area contributed by atoms with Crippen LogP contribution in [0.4, 0.5) is 13.2 Å². The minimum absolute atomic E-state index is 0.0621. The van der Waals surface area contributed by atoms with E-state index in [1.165, 1.54) is 22.2 Å². The third kappa shape index (κ3) is 6.54. The molecule has 6 aromatic carbocycles. The molecule has 0 aliphatic rings. The quantitative estimate of drug-likeness (QED) is 0.109. The molecule has 0 saturated heterocycles. The number of pyridine rings is 3. The summed E-state index contributed by atoms with van der Waals surface area (Å²) in [5, 5.41) is 9.82. The van der Waals surface area contributed by atoms with Gasteiger partial charge in [-0.2, -0.15) is 21.6 Å². The summed E-state index contributed by atoms with van der Waals surface area (Å²) in [4.78, 5) is 22.4. The lowest BCUT2D eigenvalue weighted by atomic mass is 9.97. The Labute approximate surface area is 288 Å². The number of rotatable bonds is 2. The number of halogens is 3. The van der Waals surface area contributed by atoms with Crippen LogP contribution in [0.3, 0.4) is 0 Å². The van der Waals surface area contributed by atoms with Crippen molar-refractivity contribution < 1.29 is 25.8 Å². The molecule has 0 amide bonds. The number of H-pyrrole nitrogens is 1. The van der Waals surface area contributed by atoms with E-state index < -0.39 is 21.5 Å². The number of fused-ring (bicyclic) bond motifs is 12. The molecule has 11 heteroatoms. The molecule has 0 unspecified atom stereocenters. The van der Waals surface area contributed by atoms with Crippen LogP contribution in [-0.2, 0) is 10.1 Å². The minimum Gasteiger partial charge on any atom is -0.355 e. The van der Waals surface area contributed by atoms with Gasteiger partial charge in [-0.15, -0.1) is 0 Å². The van der Waals surface area contributed by atoms with Gasteiger partial charge < -0.3 is 9.17 Å². The highest BCUT2D eigenvalue weighted by atomic mass is 32.2. The first-order valence-electron chi connectivity index (χ1n) is 15.6. The molecule has 7 nitrogen and oxygen atoms in total. The van der Waals surface area contributed by atoms with Crippen molar-refractivity contribution in [1.29, 1.82) is 0 Å². The second-order valence-electron chi connectivity index (χ2n) is 11.3. The predicted molar refractivity (Wildman–Crippen MR) is 196 cm³/mol. The van der Waals surface area contributed by atoms with E-state index in [1.807, 2.05) is 84.9 Å². The van der Waals surface area contributed by atoms with E-state index in [0.29, 0.717) is 16.3 Å². The Morgan fingerprint density at radius 1 is 0.510 bits per heavy atom. The number of nitrogens with one attached hydrogen (secondary N) is 1. The van der Waals surface area contributed by atoms with E-state index in [4.69, 9.17) is 0 Å². The summed E-state index contributed by atoms with van der Waals surface area (Å²) < 4.78 is 64.3. The third-order valence-corrected chi connectivity index (χ3v) is 9.18. The van der Waals surface area contributed by atoms with Crippen LogP contribution in [0.25, 0.3) is 64.9 Å². The lowest BCUT2D eigenvalue weighted by molar-refractivity contribution is -0.0501. The largest absolute Gasteiger partial charge is 0.534 e. The van der Waals surface area contributed by atoms with Crippen LogP contribution in [0.15, 0.2) is 157 Å². The molecule has 252 valence electrons. The van der Waals surface area contributed by atoms with Crippen molar-refractivity contribution in [2.24, 2.45) is 0 Å². The van der Waals surface area contributed by atoms with Gasteiger partial charge in [0.1, 0.15) is 0 Å². The SMILES string of the molecule is O=S(=O)(Oc1ccc2c3ccccc3c3ccccc3c2n1)C(F)(F)F.O=c1ccc2c3ccccc3c3ccccc3c2[nH]1.c1ccncc1. The Kier molecular flexibility index (Phi) is 8.80. The molecular weight excluding hydrogens is 676 g/mol. The van der Waals surface area contributed by atoms with Gasteiger partial charge in [-0.05, 0) is 56.6 Å². The Bertz CT molecular complexity index is 2780. The van der Waals surface area contributed by atoms with Crippen LogP contribution in [0, 0.1) is 0 Å². The number of benzene rings is 6. The maximum Gasteiger partial charge on any atom is 0.534 e. The molecule has 3 aromatic heterocycles. The highest BCUT2D eigenvalue weighted by molar-refractivity contribution is 7.87. The van der Waals surface area contributed by atoms with E-state index >= 15 is 0 Å². The van der Waals surface area contributed by atoms with Crippen LogP contribution in [-0.4, -0.2) is 28.9 Å². The lowest BCUT2D eigenvalue weighted by Gasteiger charge is -2.12. The second kappa shape index (κ2) is 13.5. The van der Waals surface area contributed by atoms with Gasteiger partial charge in [0.2, 0.25) is 11.4 Å². The van der Waals surface area contributed by atoms with Crippen molar-refractivity contribution in [3.05, 3.63) is 162 Å². The van der Waals surface area contributed by atoms with Crippen LogP contribution in [0.2, 0.25) is 0 Å². The Morgan fingerprint density at radius 3 is 1.39 bits per heavy atom. The van der Waals surface area contributed by atoms with Crippen LogP contribution < -0.4 is 9.74 Å². The zero-order valence-electron chi connectivity index (χ0n) is 26.5. The van der Waals surface area contributed by atoms with Gasteiger partial charge in [0.15, 0.2) is 0 Å². The molecule has 51 heavy (non-hydrogen) atoms. The molecular formula is C40H26F3N3O4S. The number of nitrogens with zero attached hydrogens (tertiary/aromatic N) is 2. The molecule has 3 heterocycles. The van der Waals surface area contributed by atoms with Crippen molar-refractivity contribution in [2.45, 2.75) is 5.51 Å². The molecule has 0 radical (unpaired) electrons. The average molecular weight is 702 g/mol. The minimum atomic E-state index is -5.78. The molecule has 0 spiro atoms. The summed E-state index contributed by atoms with van der Waals surface area (Å²) in [6, 6.07) is 43.1. The second-order valence-corrected chi connectivity index (χ2v) is 12.9. The van der Waals surface area contributed by atoms with Crippen molar-refractivity contribution in [1.82, 2.24) is 15.0 Å². The molecule has 1 N–H and O–H groups in total. The van der Waals surface area contributed by atoms with E-state index in [-0.39, 0.29) is 5.56 Å². The zero-order valence-corrected chi connectivity index (χ0v) is 27.3. The van der Waals surface area contributed by atoms with Gasteiger partial charge in [-0.3, -0.25) is 9.78 Å². The molecule has 0 saturated carbocycles. The van der Waals surface area contributed by atoms with Crippen LogP contribution in [0.5, 0.6) is 5.88 Å². The normalized spacial score (nSPS) is 11.7. The Morgan fingerprint density at radius 2 is 0.922 bits per heavy atom. The average Bonchev–Trinajstić information content (AvgIpc) is 3.16. The van der Waals surface area contributed by atoms with Crippen molar-refractivity contribution >= 4 is 75.0 Å². The number of aromatic amines is 1. The Balaban J connectivity index is 0.000000141. The molecule has 0 aliphatic carbocycles. The van der Waals surface area contributed by atoms with Crippen LogP contribution in [0.1, 0.15) is 0 Å². The molecule has 0 atom stereocenters. The summed E-state index contributed by atoms with van der Waals surface area (Å²) in [5.41, 5.74) is -4.29. The maximum absolute atomic E-state index is 12.6. The zero-order chi connectivity index (χ0) is 35.6. The highest BCUT2D eigenvalue weighted by Crippen LogP contribution is 2.36. The molecule has 0 fully saturated rings.